The molecule has 0 aliphatic rings. The Hall–Kier alpha value is -0.570. The van der Waals surface area contributed by atoms with Crippen LogP contribution in [0.4, 0.5) is 0 Å². The summed E-state index contributed by atoms with van der Waals surface area (Å²) in [4.78, 5) is 11.4. The summed E-state index contributed by atoms with van der Waals surface area (Å²) in [5.41, 5.74) is 5.78. The highest BCUT2D eigenvalue weighted by molar-refractivity contribution is 5.75. The minimum Gasteiger partial charge on any atom is -0.464 e. The molecule has 3 heteroatoms. The molecule has 84 valence electrons. The SMILES string of the molecule is CC(C)COC(=O)[C@@H](N)CC(C)(C)C. The van der Waals surface area contributed by atoms with E-state index in [0.717, 1.165) is 0 Å². The van der Waals surface area contributed by atoms with Crippen LogP contribution >= 0.6 is 0 Å². The van der Waals surface area contributed by atoms with E-state index in [0.29, 0.717) is 18.9 Å². The van der Waals surface area contributed by atoms with Gasteiger partial charge in [0.1, 0.15) is 6.04 Å². The molecule has 0 aliphatic heterocycles. The third kappa shape index (κ3) is 6.89. The van der Waals surface area contributed by atoms with Crippen LogP contribution < -0.4 is 5.73 Å². The van der Waals surface area contributed by atoms with Gasteiger partial charge in [-0.05, 0) is 17.8 Å². The average Bonchev–Trinajstić information content (AvgIpc) is 1.96. The van der Waals surface area contributed by atoms with E-state index in [2.05, 4.69) is 20.8 Å². The van der Waals surface area contributed by atoms with Gasteiger partial charge in [-0.1, -0.05) is 34.6 Å². The van der Waals surface area contributed by atoms with Crippen molar-refractivity contribution in [2.45, 2.75) is 47.1 Å². The molecule has 3 nitrogen and oxygen atoms in total. The minimum absolute atomic E-state index is 0.0657. The summed E-state index contributed by atoms with van der Waals surface area (Å²) in [5, 5.41) is 0. The van der Waals surface area contributed by atoms with E-state index in [-0.39, 0.29) is 11.4 Å². The molecular formula is C11H23NO2. The van der Waals surface area contributed by atoms with Crippen molar-refractivity contribution in [2.24, 2.45) is 17.1 Å². The maximum absolute atomic E-state index is 11.4. The molecule has 0 heterocycles. The molecule has 0 aromatic carbocycles. The normalized spacial score (nSPS) is 14.2. The van der Waals surface area contributed by atoms with E-state index >= 15 is 0 Å². The first-order chi connectivity index (χ1) is 6.22. The van der Waals surface area contributed by atoms with Crippen LogP contribution in [0.5, 0.6) is 0 Å². The molecule has 0 unspecified atom stereocenters. The molecule has 0 saturated carbocycles. The first kappa shape index (κ1) is 13.4. The molecule has 0 amide bonds. The molecule has 0 rings (SSSR count). The van der Waals surface area contributed by atoms with Gasteiger partial charge in [-0.25, -0.2) is 0 Å². The number of esters is 1. The molecule has 0 bridgehead atoms. The Balaban J connectivity index is 3.88. The van der Waals surface area contributed by atoms with Gasteiger partial charge in [0.2, 0.25) is 0 Å². The standard InChI is InChI=1S/C11H23NO2/c1-8(2)7-14-10(13)9(12)6-11(3,4)5/h8-9H,6-7,12H2,1-5H3/t9-/m0/s1. The zero-order chi connectivity index (χ0) is 11.4. The predicted molar refractivity (Wildman–Crippen MR) is 57.8 cm³/mol. The Labute approximate surface area is 87.0 Å². The number of nitrogens with two attached hydrogens (primary N) is 1. The van der Waals surface area contributed by atoms with Crippen molar-refractivity contribution in [1.82, 2.24) is 0 Å². The summed E-state index contributed by atoms with van der Waals surface area (Å²) in [5.74, 6) is 0.0782. The summed E-state index contributed by atoms with van der Waals surface area (Å²) >= 11 is 0. The van der Waals surface area contributed by atoms with E-state index in [4.69, 9.17) is 10.5 Å². The van der Waals surface area contributed by atoms with Crippen LogP contribution in [0.15, 0.2) is 0 Å². The van der Waals surface area contributed by atoms with Crippen molar-refractivity contribution in [3.63, 3.8) is 0 Å². The predicted octanol–water partition coefficient (Wildman–Crippen LogP) is 1.95. The summed E-state index contributed by atoms with van der Waals surface area (Å²) in [6.45, 7) is 10.6. The number of hydrogen-bond acceptors (Lipinski definition) is 3. The molecule has 0 radical (unpaired) electrons. The van der Waals surface area contributed by atoms with Gasteiger partial charge in [-0.15, -0.1) is 0 Å². The fourth-order valence-electron chi connectivity index (χ4n) is 1.10. The van der Waals surface area contributed by atoms with Gasteiger partial charge in [-0.2, -0.15) is 0 Å². The first-order valence-electron chi connectivity index (χ1n) is 5.14. The van der Waals surface area contributed by atoms with Crippen molar-refractivity contribution in [3.8, 4) is 0 Å². The van der Waals surface area contributed by atoms with Gasteiger partial charge in [0.15, 0.2) is 0 Å². The molecule has 2 N–H and O–H groups in total. The Kier molecular flexibility index (Phi) is 5.13. The van der Waals surface area contributed by atoms with E-state index in [1.807, 2.05) is 13.8 Å². The molecular weight excluding hydrogens is 178 g/mol. The van der Waals surface area contributed by atoms with Gasteiger partial charge in [0, 0.05) is 0 Å². The fourth-order valence-corrected chi connectivity index (χ4v) is 1.10. The smallest absolute Gasteiger partial charge is 0.322 e. The molecule has 14 heavy (non-hydrogen) atoms. The quantitative estimate of drug-likeness (QED) is 0.707. The molecule has 1 atom stereocenters. The van der Waals surface area contributed by atoms with Gasteiger partial charge >= 0.3 is 5.97 Å². The van der Waals surface area contributed by atoms with Crippen molar-refractivity contribution in [3.05, 3.63) is 0 Å². The van der Waals surface area contributed by atoms with E-state index in [1.165, 1.54) is 0 Å². The number of hydrogen-bond donors (Lipinski definition) is 1. The second kappa shape index (κ2) is 5.35. The topological polar surface area (TPSA) is 52.3 Å². The van der Waals surface area contributed by atoms with Crippen LogP contribution in [0.2, 0.25) is 0 Å². The lowest BCUT2D eigenvalue weighted by atomic mass is 9.88. The molecule has 0 aromatic rings. The van der Waals surface area contributed by atoms with Crippen LogP contribution in [-0.2, 0) is 9.53 Å². The van der Waals surface area contributed by atoms with Crippen molar-refractivity contribution in [2.75, 3.05) is 6.61 Å². The monoisotopic (exact) mass is 201 g/mol. The van der Waals surface area contributed by atoms with Crippen molar-refractivity contribution in [1.29, 1.82) is 0 Å². The van der Waals surface area contributed by atoms with Crippen molar-refractivity contribution >= 4 is 5.97 Å². The van der Waals surface area contributed by atoms with E-state index < -0.39 is 6.04 Å². The Morgan fingerprint density at radius 3 is 2.21 bits per heavy atom. The molecule has 0 fully saturated rings. The average molecular weight is 201 g/mol. The Bertz CT molecular complexity index is 182. The number of carbonyl (C=O) groups excluding carboxylic acids is 1. The molecule has 0 saturated heterocycles. The maximum Gasteiger partial charge on any atom is 0.322 e. The summed E-state index contributed by atoms with van der Waals surface area (Å²) in [6.07, 6.45) is 0.657. The summed E-state index contributed by atoms with van der Waals surface area (Å²) in [7, 11) is 0. The van der Waals surface area contributed by atoms with Crippen LogP contribution in [0.3, 0.4) is 0 Å². The molecule has 0 aliphatic carbocycles. The molecule has 0 aromatic heterocycles. The van der Waals surface area contributed by atoms with Gasteiger partial charge < -0.3 is 10.5 Å². The molecule has 0 spiro atoms. The van der Waals surface area contributed by atoms with Gasteiger partial charge in [-0.3, -0.25) is 4.79 Å². The van der Waals surface area contributed by atoms with Crippen LogP contribution in [0, 0.1) is 11.3 Å². The van der Waals surface area contributed by atoms with Gasteiger partial charge in [0.05, 0.1) is 6.61 Å². The largest absolute Gasteiger partial charge is 0.464 e. The fraction of sp³-hybridized carbons (Fsp3) is 0.909. The summed E-state index contributed by atoms with van der Waals surface area (Å²) in [6, 6.07) is -0.492. The second-order valence-electron chi connectivity index (χ2n) is 5.40. The lowest BCUT2D eigenvalue weighted by Crippen LogP contribution is -2.36. The minimum atomic E-state index is -0.492. The summed E-state index contributed by atoms with van der Waals surface area (Å²) < 4.78 is 5.05. The van der Waals surface area contributed by atoms with E-state index in [1.54, 1.807) is 0 Å². The maximum atomic E-state index is 11.4. The van der Waals surface area contributed by atoms with Gasteiger partial charge in [0.25, 0.3) is 0 Å². The van der Waals surface area contributed by atoms with Crippen LogP contribution in [0.25, 0.3) is 0 Å². The number of rotatable bonds is 4. The highest BCUT2D eigenvalue weighted by atomic mass is 16.5. The lowest BCUT2D eigenvalue weighted by molar-refractivity contribution is -0.147. The van der Waals surface area contributed by atoms with Crippen LogP contribution in [-0.4, -0.2) is 18.6 Å². The van der Waals surface area contributed by atoms with Crippen molar-refractivity contribution < 1.29 is 9.53 Å². The number of ether oxygens (including phenoxy) is 1. The zero-order valence-corrected chi connectivity index (χ0v) is 9.96. The van der Waals surface area contributed by atoms with Crippen LogP contribution in [0.1, 0.15) is 41.0 Å². The Morgan fingerprint density at radius 1 is 1.36 bits per heavy atom. The highest BCUT2D eigenvalue weighted by Crippen LogP contribution is 2.20. The lowest BCUT2D eigenvalue weighted by Gasteiger charge is -2.22. The highest BCUT2D eigenvalue weighted by Gasteiger charge is 2.22. The first-order valence-corrected chi connectivity index (χ1v) is 5.14. The van der Waals surface area contributed by atoms with E-state index in [9.17, 15) is 4.79 Å². The third-order valence-corrected chi connectivity index (χ3v) is 1.69. The third-order valence-electron chi connectivity index (χ3n) is 1.69. The second-order valence-corrected chi connectivity index (χ2v) is 5.40. The number of carbonyl (C=O) groups is 1. The zero-order valence-electron chi connectivity index (χ0n) is 9.96. The Morgan fingerprint density at radius 2 is 1.86 bits per heavy atom.